The molecule has 22 heavy (non-hydrogen) atoms. The number of hydrogen-bond acceptors (Lipinski definition) is 6. The topological polar surface area (TPSA) is 111 Å². The second kappa shape index (κ2) is 7.02. The molecule has 0 unspecified atom stereocenters. The molecular weight excluding hydrogens is 290 g/mol. The normalized spacial score (nSPS) is 9.86. The number of aromatic carboxylic acids is 1. The third kappa shape index (κ3) is 3.69. The monoisotopic (exact) mass is 303 g/mol. The molecule has 1 aromatic carbocycles. The highest BCUT2D eigenvalue weighted by Gasteiger charge is 2.19. The molecule has 0 saturated heterocycles. The average molecular weight is 303 g/mol. The van der Waals surface area contributed by atoms with E-state index in [0.717, 1.165) is 11.9 Å². The van der Waals surface area contributed by atoms with Crippen LogP contribution in [0.4, 0.5) is 10.6 Å². The van der Waals surface area contributed by atoms with E-state index in [0.29, 0.717) is 0 Å². The third-order valence-electron chi connectivity index (χ3n) is 2.64. The number of carbonyl (C=O) groups is 2. The summed E-state index contributed by atoms with van der Waals surface area (Å²) in [6.07, 6.45) is 0.232. The molecule has 8 nitrogen and oxygen atoms in total. The maximum atomic E-state index is 11.7. The first-order chi connectivity index (χ1) is 10.6. The van der Waals surface area contributed by atoms with Gasteiger partial charge in [0.2, 0.25) is 0 Å². The van der Waals surface area contributed by atoms with Gasteiger partial charge in [0.1, 0.15) is 12.9 Å². The van der Waals surface area contributed by atoms with Gasteiger partial charge in [0.25, 0.3) is 0 Å². The number of aromatic nitrogens is 2. The molecule has 0 aliphatic carbocycles. The van der Waals surface area contributed by atoms with E-state index in [4.69, 9.17) is 14.6 Å². The number of ether oxygens (including phenoxy) is 2. The molecule has 0 spiro atoms. The highest BCUT2D eigenvalue weighted by Crippen LogP contribution is 2.24. The highest BCUT2D eigenvalue weighted by atomic mass is 16.5. The standard InChI is InChI=1S/C14H13N3O5/c1-21-11-10(13(18)19)15-8-16-12(11)17-14(20)22-7-9-5-3-2-4-6-9/h2-6,8H,7H2,1H3,(H,18,19)(H,15,16,17,20). The molecule has 0 saturated carbocycles. The third-order valence-corrected chi connectivity index (χ3v) is 2.64. The Bertz CT molecular complexity index is 675. The van der Waals surface area contributed by atoms with Gasteiger partial charge in [0.15, 0.2) is 17.3 Å². The summed E-state index contributed by atoms with van der Waals surface area (Å²) in [6, 6.07) is 9.11. The van der Waals surface area contributed by atoms with E-state index >= 15 is 0 Å². The maximum Gasteiger partial charge on any atom is 0.413 e. The summed E-state index contributed by atoms with van der Waals surface area (Å²) < 4.78 is 9.94. The molecule has 2 N–H and O–H groups in total. The Balaban J connectivity index is 2.05. The molecule has 8 heteroatoms. The Hall–Kier alpha value is -3.16. The number of nitrogens with one attached hydrogen (secondary N) is 1. The van der Waals surface area contributed by atoms with Crippen molar-refractivity contribution < 1.29 is 24.2 Å². The van der Waals surface area contributed by atoms with Crippen LogP contribution in [-0.4, -0.2) is 34.2 Å². The van der Waals surface area contributed by atoms with Crippen LogP contribution in [0.1, 0.15) is 16.1 Å². The summed E-state index contributed by atoms with van der Waals surface area (Å²) in [5.74, 6) is -1.51. The minimum atomic E-state index is -1.29. The minimum Gasteiger partial charge on any atom is -0.491 e. The van der Waals surface area contributed by atoms with Gasteiger partial charge in [0, 0.05) is 0 Å². The lowest BCUT2D eigenvalue weighted by Crippen LogP contribution is -2.17. The van der Waals surface area contributed by atoms with E-state index in [9.17, 15) is 9.59 Å². The Kier molecular flexibility index (Phi) is 4.86. The second-order valence-corrected chi connectivity index (χ2v) is 4.10. The number of methoxy groups -OCH3 is 1. The molecule has 1 aromatic heterocycles. The predicted molar refractivity (Wildman–Crippen MR) is 75.8 cm³/mol. The molecule has 0 atom stereocenters. The van der Waals surface area contributed by atoms with Crippen LogP contribution in [0.15, 0.2) is 36.7 Å². The molecule has 0 aliphatic rings. The molecule has 1 heterocycles. The van der Waals surface area contributed by atoms with Crippen molar-refractivity contribution in [3.8, 4) is 5.75 Å². The lowest BCUT2D eigenvalue weighted by molar-refractivity contribution is 0.0686. The Morgan fingerprint density at radius 3 is 2.59 bits per heavy atom. The Morgan fingerprint density at radius 2 is 1.95 bits per heavy atom. The largest absolute Gasteiger partial charge is 0.491 e. The number of anilines is 1. The molecule has 0 fully saturated rings. The number of carboxylic acid groups (broad SMARTS) is 1. The van der Waals surface area contributed by atoms with E-state index in [-0.39, 0.29) is 23.9 Å². The van der Waals surface area contributed by atoms with Crippen LogP contribution in [0.2, 0.25) is 0 Å². The number of hydrogen-bond donors (Lipinski definition) is 2. The zero-order valence-electron chi connectivity index (χ0n) is 11.6. The Labute approximate surface area is 125 Å². The van der Waals surface area contributed by atoms with Gasteiger partial charge in [-0.15, -0.1) is 0 Å². The van der Waals surface area contributed by atoms with E-state index < -0.39 is 12.1 Å². The SMILES string of the molecule is COc1c(NC(=O)OCc2ccccc2)ncnc1C(=O)O. The van der Waals surface area contributed by atoms with Gasteiger partial charge >= 0.3 is 12.1 Å². The quantitative estimate of drug-likeness (QED) is 0.868. The minimum absolute atomic E-state index is 0.0753. The maximum absolute atomic E-state index is 11.7. The van der Waals surface area contributed by atoms with Crippen LogP contribution < -0.4 is 10.1 Å². The van der Waals surface area contributed by atoms with E-state index in [1.807, 2.05) is 18.2 Å². The number of carboxylic acids is 1. The number of rotatable bonds is 5. The van der Waals surface area contributed by atoms with Crippen molar-refractivity contribution in [3.05, 3.63) is 47.9 Å². The van der Waals surface area contributed by atoms with Crippen molar-refractivity contribution in [1.29, 1.82) is 0 Å². The lowest BCUT2D eigenvalue weighted by atomic mass is 10.2. The zero-order valence-corrected chi connectivity index (χ0v) is 11.6. The van der Waals surface area contributed by atoms with Gasteiger partial charge in [-0.25, -0.2) is 19.6 Å². The van der Waals surface area contributed by atoms with Gasteiger partial charge in [0.05, 0.1) is 7.11 Å². The van der Waals surface area contributed by atoms with Crippen molar-refractivity contribution in [3.63, 3.8) is 0 Å². The summed E-state index contributed by atoms with van der Waals surface area (Å²) in [5.41, 5.74) is 0.467. The molecule has 2 aromatic rings. The smallest absolute Gasteiger partial charge is 0.413 e. The molecular formula is C14H13N3O5. The van der Waals surface area contributed by atoms with Crippen molar-refractivity contribution in [2.45, 2.75) is 6.61 Å². The highest BCUT2D eigenvalue weighted by molar-refractivity contribution is 5.93. The van der Waals surface area contributed by atoms with Gasteiger partial charge < -0.3 is 14.6 Å². The summed E-state index contributed by atoms with van der Waals surface area (Å²) >= 11 is 0. The number of amides is 1. The van der Waals surface area contributed by atoms with Crippen LogP contribution in [0.3, 0.4) is 0 Å². The van der Waals surface area contributed by atoms with E-state index in [2.05, 4.69) is 15.3 Å². The zero-order chi connectivity index (χ0) is 15.9. The van der Waals surface area contributed by atoms with Gasteiger partial charge in [-0.05, 0) is 5.56 Å². The van der Waals surface area contributed by atoms with Crippen molar-refractivity contribution in [2.75, 3.05) is 12.4 Å². The van der Waals surface area contributed by atoms with E-state index in [1.54, 1.807) is 12.1 Å². The first-order valence-electron chi connectivity index (χ1n) is 6.21. The summed E-state index contributed by atoms with van der Waals surface area (Å²) in [6.45, 7) is 0.0753. The summed E-state index contributed by atoms with van der Waals surface area (Å²) in [4.78, 5) is 30.1. The van der Waals surface area contributed by atoms with Crippen LogP contribution in [0.25, 0.3) is 0 Å². The summed E-state index contributed by atoms with van der Waals surface area (Å²) in [5, 5.41) is 11.3. The lowest BCUT2D eigenvalue weighted by Gasteiger charge is -2.10. The van der Waals surface area contributed by atoms with Gasteiger partial charge in [-0.2, -0.15) is 0 Å². The van der Waals surface area contributed by atoms with Crippen LogP contribution in [-0.2, 0) is 11.3 Å². The van der Waals surface area contributed by atoms with Crippen molar-refractivity contribution in [2.24, 2.45) is 0 Å². The molecule has 114 valence electrons. The molecule has 0 radical (unpaired) electrons. The Morgan fingerprint density at radius 1 is 1.23 bits per heavy atom. The fourth-order valence-electron chi connectivity index (χ4n) is 1.66. The average Bonchev–Trinajstić information content (AvgIpc) is 2.53. The number of carbonyl (C=O) groups excluding carboxylic acids is 1. The molecule has 0 aliphatic heterocycles. The van der Waals surface area contributed by atoms with Crippen LogP contribution in [0, 0.1) is 0 Å². The van der Waals surface area contributed by atoms with Crippen molar-refractivity contribution >= 4 is 17.9 Å². The van der Waals surface area contributed by atoms with E-state index in [1.165, 1.54) is 7.11 Å². The first kappa shape index (κ1) is 15.2. The fraction of sp³-hybridized carbons (Fsp3) is 0.143. The molecule has 0 bridgehead atoms. The van der Waals surface area contributed by atoms with Crippen LogP contribution >= 0.6 is 0 Å². The van der Waals surface area contributed by atoms with Crippen LogP contribution in [0.5, 0.6) is 5.75 Å². The predicted octanol–water partition coefficient (Wildman–Crippen LogP) is 1.93. The van der Waals surface area contributed by atoms with Gasteiger partial charge in [-0.1, -0.05) is 30.3 Å². The first-order valence-corrected chi connectivity index (χ1v) is 6.21. The summed E-state index contributed by atoms with van der Waals surface area (Å²) in [7, 11) is 1.26. The number of benzene rings is 1. The second-order valence-electron chi connectivity index (χ2n) is 4.10. The van der Waals surface area contributed by atoms with Gasteiger partial charge in [-0.3, -0.25) is 5.32 Å². The number of nitrogens with zero attached hydrogens (tertiary/aromatic N) is 2. The fourth-order valence-corrected chi connectivity index (χ4v) is 1.66. The molecule has 2 rings (SSSR count). The molecule has 1 amide bonds. The van der Waals surface area contributed by atoms with Crippen molar-refractivity contribution in [1.82, 2.24) is 9.97 Å².